The Balaban J connectivity index is 2.58. The van der Waals surface area contributed by atoms with Crippen molar-refractivity contribution in [3.05, 3.63) is 29.8 Å². The highest BCUT2D eigenvalue weighted by molar-refractivity contribution is 5.78. The lowest BCUT2D eigenvalue weighted by molar-refractivity contribution is -0.129. The van der Waals surface area contributed by atoms with Crippen LogP contribution in [0.25, 0.3) is 0 Å². The van der Waals surface area contributed by atoms with E-state index in [1.807, 2.05) is 7.05 Å². The van der Waals surface area contributed by atoms with Crippen LogP contribution in [0.3, 0.4) is 0 Å². The number of alkyl halides is 2. The number of ether oxygens (including phenoxy) is 1. The van der Waals surface area contributed by atoms with Crippen molar-refractivity contribution in [3.63, 3.8) is 0 Å². The predicted molar refractivity (Wildman–Crippen MR) is 68.3 cm³/mol. The number of hydrogen-bond acceptors (Lipinski definition) is 3. The Hall–Kier alpha value is -1.69. The third kappa shape index (κ3) is 5.65. The van der Waals surface area contributed by atoms with E-state index >= 15 is 0 Å². The summed E-state index contributed by atoms with van der Waals surface area (Å²) in [5, 5.41) is 2.95. The van der Waals surface area contributed by atoms with Gasteiger partial charge in [-0.1, -0.05) is 12.1 Å². The molecule has 0 atom stereocenters. The largest absolute Gasteiger partial charge is 0.435 e. The molecule has 0 heterocycles. The Morgan fingerprint density at radius 1 is 1.47 bits per heavy atom. The van der Waals surface area contributed by atoms with Crippen molar-refractivity contribution in [1.82, 2.24) is 10.2 Å². The standard InChI is InChI=1S/C13H18F2N2O2/c1-16-6-7-17(2)12(18)9-10-4-3-5-11(8-10)19-13(14)15/h3-5,8,13,16H,6-7,9H2,1-2H3. The molecule has 0 aliphatic heterocycles. The van der Waals surface area contributed by atoms with Gasteiger partial charge in [0.25, 0.3) is 0 Å². The summed E-state index contributed by atoms with van der Waals surface area (Å²) >= 11 is 0. The van der Waals surface area contributed by atoms with Gasteiger partial charge >= 0.3 is 6.61 Å². The number of amides is 1. The second-order valence-corrected chi connectivity index (χ2v) is 4.12. The topological polar surface area (TPSA) is 41.6 Å². The van der Waals surface area contributed by atoms with E-state index in [1.165, 1.54) is 12.1 Å². The third-order valence-electron chi connectivity index (χ3n) is 2.60. The number of rotatable bonds is 7. The summed E-state index contributed by atoms with van der Waals surface area (Å²) in [5.74, 6) is 0.00243. The third-order valence-corrected chi connectivity index (χ3v) is 2.60. The first-order valence-electron chi connectivity index (χ1n) is 5.95. The Morgan fingerprint density at radius 2 is 2.21 bits per heavy atom. The molecule has 1 N–H and O–H groups in total. The number of carbonyl (C=O) groups is 1. The first-order chi connectivity index (χ1) is 9.02. The van der Waals surface area contributed by atoms with Gasteiger partial charge in [0.15, 0.2) is 0 Å². The molecule has 0 spiro atoms. The lowest BCUT2D eigenvalue weighted by Crippen LogP contribution is -2.33. The van der Waals surface area contributed by atoms with Crippen molar-refractivity contribution in [2.75, 3.05) is 27.2 Å². The van der Waals surface area contributed by atoms with E-state index in [9.17, 15) is 13.6 Å². The van der Waals surface area contributed by atoms with Gasteiger partial charge in [0.2, 0.25) is 5.91 Å². The monoisotopic (exact) mass is 272 g/mol. The van der Waals surface area contributed by atoms with Crippen LogP contribution in [0.2, 0.25) is 0 Å². The Labute approximate surface area is 111 Å². The maximum atomic E-state index is 12.1. The van der Waals surface area contributed by atoms with Crippen molar-refractivity contribution in [3.8, 4) is 5.75 Å². The average molecular weight is 272 g/mol. The van der Waals surface area contributed by atoms with Crippen LogP contribution in [-0.4, -0.2) is 44.6 Å². The lowest BCUT2D eigenvalue weighted by Gasteiger charge is -2.17. The van der Waals surface area contributed by atoms with E-state index in [0.717, 1.165) is 0 Å². The lowest BCUT2D eigenvalue weighted by atomic mass is 10.1. The van der Waals surface area contributed by atoms with Gasteiger partial charge < -0.3 is 15.0 Å². The predicted octanol–water partition coefficient (Wildman–Crippen LogP) is 1.51. The Bertz CT molecular complexity index is 413. The normalized spacial score (nSPS) is 10.6. The van der Waals surface area contributed by atoms with Crippen molar-refractivity contribution in [1.29, 1.82) is 0 Å². The summed E-state index contributed by atoms with van der Waals surface area (Å²) in [6.45, 7) is -1.55. The van der Waals surface area contributed by atoms with Crippen molar-refractivity contribution in [2.24, 2.45) is 0 Å². The van der Waals surface area contributed by atoms with Crippen LogP contribution in [0, 0.1) is 0 Å². The number of nitrogens with zero attached hydrogens (tertiary/aromatic N) is 1. The maximum absolute atomic E-state index is 12.1. The Kier molecular flexibility index (Phi) is 6.21. The highest BCUT2D eigenvalue weighted by Crippen LogP contribution is 2.16. The number of nitrogens with one attached hydrogen (secondary N) is 1. The van der Waals surface area contributed by atoms with E-state index < -0.39 is 6.61 Å². The molecule has 4 nitrogen and oxygen atoms in total. The molecule has 0 fully saturated rings. The van der Waals surface area contributed by atoms with Gasteiger partial charge in [0.1, 0.15) is 5.75 Å². The van der Waals surface area contributed by atoms with Gasteiger partial charge in [0.05, 0.1) is 6.42 Å². The minimum absolute atomic E-state index is 0.0653. The summed E-state index contributed by atoms with van der Waals surface area (Å²) in [7, 11) is 3.52. The van der Waals surface area contributed by atoms with E-state index in [1.54, 1.807) is 24.1 Å². The van der Waals surface area contributed by atoms with Crippen molar-refractivity contribution in [2.45, 2.75) is 13.0 Å². The number of likely N-dealkylation sites (N-methyl/N-ethyl adjacent to an activating group) is 2. The van der Waals surface area contributed by atoms with Gasteiger partial charge in [-0.2, -0.15) is 8.78 Å². The average Bonchev–Trinajstić information content (AvgIpc) is 2.35. The molecule has 0 aromatic heterocycles. The zero-order valence-corrected chi connectivity index (χ0v) is 11.0. The summed E-state index contributed by atoms with van der Waals surface area (Å²) in [6.07, 6.45) is 0.167. The molecule has 0 bridgehead atoms. The van der Waals surface area contributed by atoms with Crippen LogP contribution in [0.15, 0.2) is 24.3 Å². The van der Waals surface area contributed by atoms with Gasteiger partial charge in [-0.25, -0.2) is 0 Å². The van der Waals surface area contributed by atoms with Crippen LogP contribution < -0.4 is 10.1 Å². The highest BCUT2D eigenvalue weighted by atomic mass is 19.3. The molecule has 106 valence electrons. The molecule has 0 radical (unpaired) electrons. The van der Waals surface area contributed by atoms with Crippen LogP contribution in [0.4, 0.5) is 8.78 Å². The minimum atomic E-state index is -2.86. The summed E-state index contributed by atoms with van der Waals surface area (Å²) in [4.78, 5) is 13.5. The number of carbonyl (C=O) groups excluding carboxylic acids is 1. The molecule has 6 heteroatoms. The maximum Gasteiger partial charge on any atom is 0.387 e. The fourth-order valence-electron chi connectivity index (χ4n) is 1.55. The zero-order valence-electron chi connectivity index (χ0n) is 11.0. The zero-order chi connectivity index (χ0) is 14.3. The molecule has 0 saturated carbocycles. The molecule has 0 aliphatic carbocycles. The second kappa shape index (κ2) is 7.68. The molecule has 0 aliphatic rings. The fraction of sp³-hybridized carbons (Fsp3) is 0.462. The van der Waals surface area contributed by atoms with Gasteiger partial charge in [-0.3, -0.25) is 4.79 Å². The first kappa shape index (κ1) is 15.4. The van der Waals surface area contributed by atoms with Crippen LogP contribution in [0.1, 0.15) is 5.56 Å². The van der Waals surface area contributed by atoms with Crippen LogP contribution >= 0.6 is 0 Å². The highest BCUT2D eigenvalue weighted by Gasteiger charge is 2.10. The molecule has 1 aromatic rings. The van der Waals surface area contributed by atoms with Gasteiger partial charge in [-0.05, 0) is 24.7 Å². The molecule has 0 saturated heterocycles. The Morgan fingerprint density at radius 3 is 2.84 bits per heavy atom. The van der Waals surface area contributed by atoms with E-state index in [0.29, 0.717) is 18.7 Å². The quantitative estimate of drug-likeness (QED) is 0.818. The molecule has 0 unspecified atom stereocenters. The molecule has 1 aromatic carbocycles. The van der Waals surface area contributed by atoms with Crippen LogP contribution in [-0.2, 0) is 11.2 Å². The minimum Gasteiger partial charge on any atom is -0.435 e. The number of benzene rings is 1. The van der Waals surface area contributed by atoms with Crippen molar-refractivity contribution < 1.29 is 18.3 Å². The summed E-state index contributed by atoms with van der Waals surface area (Å²) < 4.78 is 28.4. The summed E-state index contributed by atoms with van der Waals surface area (Å²) in [5.41, 5.74) is 0.652. The molecule has 1 rings (SSSR count). The molecular weight excluding hydrogens is 254 g/mol. The molecule has 1 amide bonds. The number of hydrogen-bond donors (Lipinski definition) is 1. The first-order valence-corrected chi connectivity index (χ1v) is 5.95. The molecule has 19 heavy (non-hydrogen) atoms. The summed E-state index contributed by atoms with van der Waals surface area (Å²) in [6, 6.07) is 6.19. The smallest absolute Gasteiger partial charge is 0.387 e. The fourth-order valence-corrected chi connectivity index (χ4v) is 1.55. The van der Waals surface area contributed by atoms with Crippen molar-refractivity contribution >= 4 is 5.91 Å². The van der Waals surface area contributed by atoms with Gasteiger partial charge in [0, 0.05) is 20.1 Å². The number of halogens is 2. The van der Waals surface area contributed by atoms with E-state index in [2.05, 4.69) is 10.1 Å². The molecular formula is C13H18F2N2O2. The van der Waals surface area contributed by atoms with E-state index in [-0.39, 0.29) is 18.1 Å². The van der Waals surface area contributed by atoms with E-state index in [4.69, 9.17) is 0 Å². The second-order valence-electron chi connectivity index (χ2n) is 4.12. The SMILES string of the molecule is CNCCN(C)C(=O)Cc1cccc(OC(F)F)c1. The van der Waals surface area contributed by atoms with Gasteiger partial charge in [-0.15, -0.1) is 0 Å². The van der Waals surface area contributed by atoms with Crippen LogP contribution in [0.5, 0.6) is 5.75 Å².